The lowest BCUT2D eigenvalue weighted by atomic mass is 10.1. The van der Waals surface area contributed by atoms with Gasteiger partial charge < -0.3 is 21.5 Å². The van der Waals surface area contributed by atoms with Gasteiger partial charge in [0, 0.05) is 12.3 Å². The highest BCUT2D eigenvalue weighted by Gasteiger charge is 2.24. The summed E-state index contributed by atoms with van der Waals surface area (Å²) in [4.78, 5) is 33.4. The zero-order valence-electron chi connectivity index (χ0n) is 9.47. The lowest BCUT2D eigenvalue weighted by Gasteiger charge is -2.17. The van der Waals surface area contributed by atoms with Gasteiger partial charge in [0.05, 0.1) is 12.5 Å². The van der Waals surface area contributed by atoms with Gasteiger partial charge in [0.1, 0.15) is 6.04 Å². The van der Waals surface area contributed by atoms with Crippen LogP contribution in [0.15, 0.2) is 0 Å². The van der Waals surface area contributed by atoms with Crippen LogP contribution in [0.4, 0.5) is 0 Å². The van der Waals surface area contributed by atoms with Crippen LogP contribution in [-0.2, 0) is 14.4 Å². The Morgan fingerprint density at radius 1 is 1.35 bits per heavy atom. The minimum absolute atomic E-state index is 0.298. The summed E-state index contributed by atoms with van der Waals surface area (Å²) >= 11 is 3.90. The van der Waals surface area contributed by atoms with Crippen molar-refractivity contribution in [2.24, 2.45) is 5.73 Å². The van der Waals surface area contributed by atoms with E-state index in [0.717, 1.165) is 0 Å². The molecule has 5 N–H and O–H groups in total. The monoisotopic (exact) mass is 263 g/mol. The highest BCUT2D eigenvalue weighted by molar-refractivity contribution is 7.80. The van der Waals surface area contributed by atoms with E-state index >= 15 is 0 Å². The Labute approximate surface area is 105 Å². The topological polar surface area (TPSA) is 122 Å². The van der Waals surface area contributed by atoms with Gasteiger partial charge in [-0.25, -0.2) is 0 Å². The number of hydrogen-bond acceptors (Lipinski definition) is 5. The molecule has 0 spiro atoms. The van der Waals surface area contributed by atoms with Crippen LogP contribution in [0.3, 0.4) is 0 Å². The number of carboxylic acids is 1. The molecule has 17 heavy (non-hydrogen) atoms. The molecule has 0 aliphatic heterocycles. The van der Waals surface area contributed by atoms with Crippen LogP contribution in [0.1, 0.15) is 13.3 Å². The second-order valence-corrected chi connectivity index (χ2v) is 3.91. The second kappa shape index (κ2) is 7.91. The van der Waals surface area contributed by atoms with Gasteiger partial charge in [-0.2, -0.15) is 12.6 Å². The Bertz CT molecular complexity index is 296. The number of nitrogens with one attached hydrogen (secondary N) is 2. The Hall–Kier alpha value is -1.28. The Morgan fingerprint density at radius 2 is 1.94 bits per heavy atom. The average Bonchev–Trinajstić information content (AvgIpc) is 2.23. The predicted molar refractivity (Wildman–Crippen MR) is 64.7 cm³/mol. The maximum absolute atomic E-state index is 11.5. The lowest BCUT2D eigenvalue weighted by Crippen LogP contribution is -2.51. The summed E-state index contributed by atoms with van der Waals surface area (Å²) in [6.45, 7) is 1.74. The van der Waals surface area contributed by atoms with Gasteiger partial charge in [0.25, 0.3) is 0 Å². The summed E-state index contributed by atoms with van der Waals surface area (Å²) in [5.41, 5.74) is 5.31. The molecule has 8 heteroatoms. The van der Waals surface area contributed by atoms with Gasteiger partial charge in [-0.05, 0) is 6.92 Å². The fourth-order valence-electron chi connectivity index (χ4n) is 0.989. The molecule has 7 nitrogen and oxygen atoms in total. The van der Waals surface area contributed by atoms with Gasteiger partial charge >= 0.3 is 5.97 Å². The second-order valence-electron chi connectivity index (χ2n) is 3.46. The number of carboxylic acid groups (broad SMARTS) is 1. The molecule has 0 aromatic heterocycles. The van der Waals surface area contributed by atoms with Crippen molar-refractivity contribution in [3.05, 3.63) is 0 Å². The van der Waals surface area contributed by atoms with E-state index < -0.39 is 36.3 Å². The van der Waals surface area contributed by atoms with E-state index in [4.69, 9.17) is 10.8 Å². The predicted octanol–water partition coefficient (Wildman–Crippen LogP) is -1.66. The van der Waals surface area contributed by atoms with E-state index in [1.165, 1.54) is 6.92 Å². The van der Waals surface area contributed by atoms with Crippen molar-refractivity contribution in [2.45, 2.75) is 25.4 Å². The number of rotatable bonds is 7. The molecule has 0 aliphatic rings. The van der Waals surface area contributed by atoms with E-state index in [2.05, 4.69) is 23.3 Å². The Balaban J connectivity index is 4.47. The molecule has 0 aromatic rings. The minimum atomic E-state index is -1.18. The maximum atomic E-state index is 11.5. The number of carbonyl (C=O) groups is 3. The number of hydrogen-bond donors (Lipinski definition) is 5. The van der Waals surface area contributed by atoms with Crippen molar-refractivity contribution in [1.82, 2.24) is 10.6 Å². The minimum Gasteiger partial charge on any atom is -0.481 e. The summed E-state index contributed by atoms with van der Waals surface area (Å²) in [5, 5.41) is 13.4. The van der Waals surface area contributed by atoms with E-state index in [1.807, 2.05) is 0 Å². The Morgan fingerprint density at radius 3 is 2.35 bits per heavy atom. The molecular weight excluding hydrogens is 246 g/mol. The highest BCUT2D eigenvalue weighted by atomic mass is 32.1. The maximum Gasteiger partial charge on any atom is 0.305 e. The van der Waals surface area contributed by atoms with Gasteiger partial charge in [-0.15, -0.1) is 0 Å². The van der Waals surface area contributed by atoms with Crippen LogP contribution in [0.25, 0.3) is 0 Å². The summed E-state index contributed by atoms with van der Waals surface area (Å²) in [6.07, 6.45) is -0.489. The first-order valence-electron chi connectivity index (χ1n) is 5.04. The van der Waals surface area contributed by atoms with Crippen molar-refractivity contribution in [2.75, 3.05) is 12.3 Å². The first-order chi connectivity index (χ1) is 7.88. The van der Waals surface area contributed by atoms with E-state index in [1.54, 1.807) is 0 Å². The third kappa shape index (κ3) is 6.80. The molecule has 2 atom stereocenters. The molecule has 2 unspecified atom stereocenters. The van der Waals surface area contributed by atoms with Crippen molar-refractivity contribution in [3.8, 4) is 0 Å². The number of aliphatic carboxylic acids is 1. The third-order valence-corrected chi connectivity index (χ3v) is 2.06. The quantitative estimate of drug-likeness (QED) is 0.352. The summed E-state index contributed by atoms with van der Waals surface area (Å²) in [6, 6.07) is -1.92. The molecule has 0 saturated carbocycles. The normalized spacial score (nSPS) is 13.6. The van der Waals surface area contributed by atoms with Crippen molar-refractivity contribution in [1.29, 1.82) is 0 Å². The molecule has 0 radical (unpaired) electrons. The van der Waals surface area contributed by atoms with E-state index in [-0.39, 0.29) is 0 Å². The van der Waals surface area contributed by atoms with E-state index in [9.17, 15) is 14.4 Å². The zero-order chi connectivity index (χ0) is 13.4. The van der Waals surface area contributed by atoms with Crippen molar-refractivity contribution < 1.29 is 19.5 Å². The summed E-state index contributed by atoms with van der Waals surface area (Å²) in [7, 11) is 0. The summed E-state index contributed by atoms with van der Waals surface area (Å²) in [5.74, 6) is -1.89. The fourth-order valence-corrected chi connectivity index (χ4v) is 1.10. The molecule has 0 bridgehead atoms. The van der Waals surface area contributed by atoms with Gasteiger partial charge in [-0.3, -0.25) is 14.4 Å². The standard InChI is InChI=1S/C9H17N3O4S/c1-5(10)8(15)12-6(4-7(13)14)9(16)11-2-3-17/h5-6,17H,2-4,10H2,1H3,(H,11,16)(H,12,15)(H,13,14). The van der Waals surface area contributed by atoms with E-state index in [0.29, 0.717) is 12.3 Å². The van der Waals surface area contributed by atoms with Gasteiger partial charge in [0.15, 0.2) is 0 Å². The average molecular weight is 263 g/mol. The van der Waals surface area contributed by atoms with Gasteiger partial charge in [0.2, 0.25) is 11.8 Å². The lowest BCUT2D eigenvalue weighted by molar-refractivity contribution is -0.140. The van der Waals surface area contributed by atoms with Crippen LogP contribution in [-0.4, -0.2) is 47.3 Å². The molecular formula is C9H17N3O4S. The molecule has 0 saturated heterocycles. The molecule has 98 valence electrons. The summed E-state index contributed by atoms with van der Waals surface area (Å²) < 4.78 is 0. The SMILES string of the molecule is CC(N)C(=O)NC(CC(=O)O)C(=O)NCCS. The van der Waals surface area contributed by atoms with Crippen LogP contribution in [0.2, 0.25) is 0 Å². The molecule has 0 rings (SSSR count). The molecule has 0 heterocycles. The van der Waals surface area contributed by atoms with Gasteiger partial charge in [-0.1, -0.05) is 0 Å². The first kappa shape index (κ1) is 15.7. The van der Waals surface area contributed by atoms with Crippen LogP contribution < -0.4 is 16.4 Å². The fraction of sp³-hybridized carbons (Fsp3) is 0.667. The van der Waals surface area contributed by atoms with Crippen molar-refractivity contribution in [3.63, 3.8) is 0 Å². The van der Waals surface area contributed by atoms with Crippen LogP contribution in [0.5, 0.6) is 0 Å². The number of amides is 2. The molecule has 0 aliphatic carbocycles. The number of nitrogens with two attached hydrogens (primary N) is 1. The first-order valence-corrected chi connectivity index (χ1v) is 5.68. The van der Waals surface area contributed by atoms with Crippen LogP contribution in [0, 0.1) is 0 Å². The molecule has 2 amide bonds. The number of carbonyl (C=O) groups excluding carboxylic acids is 2. The molecule has 0 fully saturated rings. The third-order valence-electron chi connectivity index (χ3n) is 1.84. The van der Waals surface area contributed by atoms with Crippen molar-refractivity contribution >= 4 is 30.4 Å². The largest absolute Gasteiger partial charge is 0.481 e. The number of thiol groups is 1. The Kier molecular flexibility index (Phi) is 7.31. The highest BCUT2D eigenvalue weighted by Crippen LogP contribution is 1.94. The smallest absolute Gasteiger partial charge is 0.305 e. The van der Waals surface area contributed by atoms with Crippen LogP contribution >= 0.6 is 12.6 Å². The molecule has 0 aromatic carbocycles. The zero-order valence-corrected chi connectivity index (χ0v) is 10.4.